The first-order valence-electron chi connectivity index (χ1n) is 7.56. The Bertz CT molecular complexity index is 965. The van der Waals surface area contributed by atoms with Crippen LogP contribution in [0.15, 0.2) is 16.2 Å². The Morgan fingerprint density at radius 2 is 2.12 bits per heavy atom. The van der Waals surface area contributed by atoms with Crippen LogP contribution >= 0.6 is 11.6 Å². The molecule has 0 N–H and O–H groups in total. The van der Waals surface area contributed by atoms with Crippen molar-refractivity contribution in [1.29, 1.82) is 0 Å². The highest BCUT2D eigenvalue weighted by molar-refractivity contribution is 6.35. The lowest BCUT2D eigenvalue weighted by Crippen LogP contribution is -2.41. The molecule has 1 spiro atoms. The molecule has 0 unspecified atom stereocenters. The fraction of sp³-hybridized carbons (Fsp3) is 0.375. The third-order valence-corrected chi connectivity index (χ3v) is 5.46. The Morgan fingerprint density at radius 3 is 2.71 bits per heavy atom. The first-order chi connectivity index (χ1) is 11.5. The third-order valence-electron chi connectivity index (χ3n) is 5.11. The topological polar surface area (TPSA) is 77.7 Å². The van der Waals surface area contributed by atoms with Gasteiger partial charge in [0, 0.05) is 18.2 Å². The number of hydrogen-bond acceptors (Lipinski definition) is 5. The number of pyridine rings is 1. The Kier molecular flexibility index (Phi) is 3.25. The average molecular weight is 351 g/mol. The second-order valence-electron chi connectivity index (χ2n) is 6.20. The summed E-state index contributed by atoms with van der Waals surface area (Å²) in [6.45, 7) is 0.252. The zero-order valence-corrected chi connectivity index (χ0v) is 13.2. The van der Waals surface area contributed by atoms with Crippen molar-refractivity contribution in [3.8, 4) is 5.75 Å². The predicted molar refractivity (Wildman–Crippen MR) is 86.0 cm³/mol. The fourth-order valence-corrected chi connectivity index (χ4v) is 3.92. The molecule has 0 radical (unpaired) electrons. The van der Waals surface area contributed by atoms with E-state index in [0.717, 1.165) is 19.3 Å². The van der Waals surface area contributed by atoms with Gasteiger partial charge in [-0.15, -0.1) is 4.91 Å². The molecule has 1 aliphatic carbocycles. The predicted octanol–water partition coefficient (Wildman–Crippen LogP) is 3.67. The summed E-state index contributed by atoms with van der Waals surface area (Å²) in [6.07, 6.45) is 5.08. The van der Waals surface area contributed by atoms with Gasteiger partial charge in [0.05, 0.1) is 17.6 Å². The van der Waals surface area contributed by atoms with Gasteiger partial charge in [0.15, 0.2) is 17.9 Å². The molecule has 1 aromatic carbocycles. The molecule has 0 bridgehead atoms. The monoisotopic (exact) mass is 350 g/mol. The molecular formula is C16H12ClFN2O4. The molecule has 1 fully saturated rings. The average Bonchev–Trinajstić information content (AvgIpc) is 2.72. The zero-order valence-electron chi connectivity index (χ0n) is 12.5. The maximum atomic E-state index is 14.6. The van der Waals surface area contributed by atoms with Crippen molar-refractivity contribution in [3.63, 3.8) is 0 Å². The number of benzene rings is 1. The van der Waals surface area contributed by atoms with Crippen molar-refractivity contribution >= 4 is 34.5 Å². The van der Waals surface area contributed by atoms with Crippen molar-refractivity contribution in [1.82, 2.24) is 4.57 Å². The number of hydrogen-bond donors (Lipinski definition) is 0. The van der Waals surface area contributed by atoms with Gasteiger partial charge >= 0.3 is 0 Å². The molecule has 1 saturated carbocycles. The molecule has 0 saturated heterocycles. The van der Waals surface area contributed by atoms with Crippen molar-refractivity contribution in [3.05, 3.63) is 37.7 Å². The van der Waals surface area contributed by atoms with E-state index in [0.29, 0.717) is 12.7 Å². The molecule has 24 heavy (non-hydrogen) atoms. The Labute approximate surface area is 140 Å². The smallest absolute Gasteiger partial charge is 0.202 e. The van der Waals surface area contributed by atoms with Gasteiger partial charge in [-0.1, -0.05) is 11.6 Å². The first kappa shape index (κ1) is 15.3. The van der Waals surface area contributed by atoms with Crippen molar-refractivity contribution in [2.24, 2.45) is 5.18 Å². The molecule has 6 nitrogen and oxygen atoms in total. The van der Waals surface area contributed by atoms with Gasteiger partial charge in [-0.05, 0) is 24.4 Å². The number of ether oxygens (including phenoxy) is 1. The van der Waals surface area contributed by atoms with Crippen molar-refractivity contribution in [2.45, 2.75) is 31.2 Å². The summed E-state index contributed by atoms with van der Waals surface area (Å²) in [5.41, 5.74) is -1.51. The minimum atomic E-state index is -0.915. The molecular weight excluding hydrogens is 339 g/mol. The van der Waals surface area contributed by atoms with E-state index in [-0.39, 0.29) is 34.4 Å². The summed E-state index contributed by atoms with van der Waals surface area (Å²) in [5, 5.41) is 2.02. The van der Waals surface area contributed by atoms with Gasteiger partial charge in [-0.2, -0.15) is 0 Å². The van der Waals surface area contributed by atoms with Crippen LogP contribution in [0.1, 0.15) is 36.0 Å². The number of aromatic nitrogens is 1. The summed E-state index contributed by atoms with van der Waals surface area (Å²) < 4.78 is 21.9. The molecule has 2 aliphatic rings. The standard InChI is InChI=1S/C16H12ClFN2O4/c17-10-11(18)15-13-9(12(10)19-23)14(22)8(7-21)6-20(13)16(2-1-3-16)4-5-24-15/h6-7H,1-5H2. The van der Waals surface area contributed by atoms with Crippen LogP contribution in [0.4, 0.5) is 10.1 Å². The van der Waals surface area contributed by atoms with Gasteiger partial charge in [0.1, 0.15) is 16.2 Å². The normalized spacial score (nSPS) is 17.9. The SMILES string of the molecule is O=Cc1cn2c3c(c(F)c(Cl)c(N=O)c3c1=O)OCCC21CCC1. The lowest BCUT2D eigenvalue weighted by Gasteiger charge is -2.43. The van der Waals surface area contributed by atoms with Crippen molar-refractivity contribution < 1.29 is 13.9 Å². The Balaban J connectivity index is 2.29. The van der Waals surface area contributed by atoms with Gasteiger partial charge in [-0.3, -0.25) is 9.59 Å². The number of rotatable bonds is 2. The van der Waals surface area contributed by atoms with Crippen LogP contribution in [0.3, 0.4) is 0 Å². The highest BCUT2D eigenvalue weighted by atomic mass is 35.5. The van der Waals surface area contributed by atoms with E-state index in [9.17, 15) is 18.9 Å². The largest absolute Gasteiger partial charge is 0.488 e. The first-order valence-corrected chi connectivity index (χ1v) is 7.94. The molecule has 1 aromatic heterocycles. The number of aldehydes is 1. The number of nitroso groups, excluding NO2 is 1. The minimum Gasteiger partial charge on any atom is -0.488 e. The van der Waals surface area contributed by atoms with E-state index in [1.807, 2.05) is 0 Å². The number of carbonyl (C=O) groups is 1. The maximum Gasteiger partial charge on any atom is 0.202 e. The molecule has 1 aliphatic heterocycles. The van der Waals surface area contributed by atoms with Crippen LogP contribution in [0.2, 0.25) is 5.02 Å². The second kappa shape index (κ2) is 5.11. The molecule has 0 atom stereocenters. The summed E-state index contributed by atoms with van der Waals surface area (Å²) in [7, 11) is 0. The molecule has 2 aromatic rings. The summed E-state index contributed by atoms with van der Waals surface area (Å²) in [5.74, 6) is -1.08. The van der Waals surface area contributed by atoms with E-state index in [1.165, 1.54) is 6.20 Å². The van der Waals surface area contributed by atoms with Crippen LogP contribution < -0.4 is 10.2 Å². The van der Waals surface area contributed by atoms with E-state index < -0.39 is 22.0 Å². The fourth-order valence-electron chi connectivity index (χ4n) is 3.71. The molecule has 2 heterocycles. The molecule has 124 valence electrons. The maximum absolute atomic E-state index is 14.6. The zero-order chi connectivity index (χ0) is 17.1. The Hall–Kier alpha value is -2.28. The minimum absolute atomic E-state index is 0.116. The van der Waals surface area contributed by atoms with Crippen LogP contribution in [0, 0.1) is 10.7 Å². The Morgan fingerprint density at radius 1 is 1.38 bits per heavy atom. The molecule has 0 amide bonds. The molecule has 8 heteroatoms. The van der Waals surface area contributed by atoms with Crippen LogP contribution in [0.5, 0.6) is 5.75 Å². The number of fused-ring (bicyclic) bond motifs is 1. The van der Waals surface area contributed by atoms with Gasteiger partial charge in [0.2, 0.25) is 5.43 Å². The summed E-state index contributed by atoms with van der Waals surface area (Å²) >= 11 is 5.89. The summed E-state index contributed by atoms with van der Waals surface area (Å²) in [4.78, 5) is 35.2. The van der Waals surface area contributed by atoms with E-state index >= 15 is 0 Å². The number of carbonyl (C=O) groups excluding carboxylic acids is 1. The van der Waals surface area contributed by atoms with Gasteiger partial charge < -0.3 is 9.30 Å². The van der Waals surface area contributed by atoms with E-state index in [2.05, 4.69) is 5.18 Å². The van der Waals surface area contributed by atoms with Gasteiger partial charge in [-0.25, -0.2) is 4.39 Å². The van der Waals surface area contributed by atoms with Crippen LogP contribution in [-0.2, 0) is 5.54 Å². The number of halogens is 2. The summed E-state index contributed by atoms with van der Waals surface area (Å²) in [6, 6.07) is 0. The lowest BCUT2D eigenvalue weighted by molar-refractivity contribution is 0.110. The number of nitrogens with zero attached hydrogens (tertiary/aromatic N) is 2. The highest BCUT2D eigenvalue weighted by Crippen LogP contribution is 2.50. The van der Waals surface area contributed by atoms with E-state index in [1.54, 1.807) is 4.57 Å². The lowest BCUT2D eigenvalue weighted by atomic mass is 9.74. The highest BCUT2D eigenvalue weighted by Gasteiger charge is 2.42. The quantitative estimate of drug-likeness (QED) is 0.611. The van der Waals surface area contributed by atoms with Crippen LogP contribution in [-0.4, -0.2) is 17.5 Å². The van der Waals surface area contributed by atoms with Crippen molar-refractivity contribution in [2.75, 3.05) is 6.61 Å². The van der Waals surface area contributed by atoms with Crippen LogP contribution in [0.25, 0.3) is 10.9 Å². The third kappa shape index (κ3) is 1.76. The molecule has 4 rings (SSSR count). The van der Waals surface area contributed by atoms with Gasteiger partial charge in [0.25, 0.3) is 0 Å². The van der Waals surface area contributed by atoms with E-state index in [4.69, 9.17) is 16.3 Å². The second-order valence-corrected chi connectivity index (χ2v) is 6.58.